The number of hydrogen-bond acceptors (Lipinski definition) is 22. The summed E-state index contributed by atoms with van der Waals surface area (Å²) in [5.41, 5.74) is 73.3. The van der Waals surface area contributed by atoms with Gasteiger partial charge in [0.05, 0.1) is 12.6 Å². The molecule has 9 atom stereocenters. The van der Waals surface area contributed by atoms with E-state index in [9.17, 15) is 33.6 Å². The minimum atomic E-state index is -1.24. The first kappa shape index (κ1) is 75.3. The monoisotopic (exact) mass is 1060 g/mol. The number of phenols is 1. The van der Waals surface area contributed by atoms with E-state index in [1.54, 1.807) is 12.1 Å². The molecule has 0 radical (unpaired) electrons. The number of rotatable bonds is 29. The number of aliphatic hydroxyl groups excluding tert-OH is 1. The lowest BCUT2D eigenvalue weighted by molar-refractivity contribution is -0.155. The van der Waals surface area contributed by atoms with Gasteiger partial charge in [-0.25, -0.2) is 0 Å². The Morgan fingerprint density at radius 1 is 0.521 bits per heavy atom. The minimum Gasteiger partial charge on any atom is -0.508 e. The molecular weight excluding hydrogens is 973 g/mol. The number of benzene rings is 1. The Bertz CT molecular complexity index is 1740. The molecule has 0 saturated carbocycles. The zero-order valence-electron chi connectivity index (χ0n) is 41.1. The van der Waals surface area contributed by atoms with Crippen LogP contribution in [0.15, 0.2) is 34.3 Å². The van der Waals surface area contributed by atoms with Crippen LogP contribution in [0.4, 0.5) is 0 Å². The van der Waals surface area contributed by atoms with Crippen molar-refractivity contribution in [2.75, 3.05) is 32.7 Å². The minimum absolute atomic E-state index is 0.0129. The molecule has 32 nitrogen and oxygen atoms in total. The first-order valence-corrected chi connectivity index (χ1v) is 22.4. The molecule has 0 bridgehead atoms. The topological polar surface area (TPSA) is 680 Å². The number of aliphatic carboxylic acids is 6. The van der Waals surface area contributed by atoms with Gasteiger partial charge in [-0.3, -0.25) is 43.5 Å². The van der Waals surface area contributed by atoms with Gasteiger partial charge in [0, 0.05) is 13.0 Å². The van der Waals surface area contributed by atoms with E-state index in [4.69, 9.17) is 126 Å². The zero-order valence-corrected chi connectivity index (χ0v) is 41.1. The molecule has 1 aromatic carbocycles. The highest BCUT2D eigenvalue weighted by Gasteiger charge is 2.26. The van der Waals surface area contributed by atoms with Crippen LogP contribution in [0.1, 0.15) is 76.7 Å². The smallest absolute Gasteiger partial charge is 0.324 e. The van der Waals surface area contributed by atoms with Gasteiger partial charge in [0.25, 0.3) is 0 Å². The number of nitrogens with zero attached hydrogens (tertiary/aromatic N) is 2. The van der Waals surface area contributed by atoms with Crippen molar-refractivity contribution in [3.05, 3.63) is 29.8 Å². The summed E-state index contributed by atoms with van der Waals surface area (Å²) in [5, 5.41) is 68.5. The number of aromatic hydroxyl groups is 1. The van der Waals surface area contributed by atoms with E-state index in [-0.39, 0.29) is 37.1 Å². The van der Waals surface area contributed by atoms with E-state index in [0.717, 1.165) is 18.4 Å². The van der Waals surface area contributed by atoms with Crippen LogP contribution in [-0.4, -0.2) is 182 Å². The predicted octanol–water partition coefficient (Wildman–Crippen LogP) is -6.72. The Labute approximate surface area is 422 Å². The van der Waals surface area contributed by atoms with Crippen molar-refractivity contribution in [1.82, 2.24) is 0 Å². The molecule has 1 rings (SSSR count). The third-order valence-corrected chi connectivity index (χ3v) is 8.76. The molecule has 0 aliphatic heterocycles. The Hall–Kier alpha value is -6.59. The van der Waals surface area contributed by atoms with Crippen LogP contribution in [0.25, 0.3) is 0 Å². The summed E-state index contributed by atoms with van der Waals surface area (Å²) in [7, 11) is 0. The quantitative estimate of drug-likeness (QED) is 0.0153. The van der Waals surface area contributed by atoms with Crippen molar-refractivity contribution in [3.8, 4) is 5.75 Å². The lowest BCUT2D eigenvalue weighted by atomic mass is 10.1. The number of nitrogens with two attached hydrogens (primary N) is 14. The van der Waals surface area contributed by atoms with Gasteiger partial charge >= 0.3 is 41.8 Å². The number of carboxylic acid groups (broad SMARTS) is 6. The molecule has 0 aliphatic carbocycles. The third-order valence-electron chi connectivity index (χ3n) is 8.76. The van der Waals surface area contributed by atoms with Crippen molar-refractivity contribution in [3.63, 3.8) is 0 Å². The summed E-state index contributed by atoms with van der Waals surface area (Å²) >= 11 is 0. The predicted molar refractivity (Wildman–Crippen MR) is 270 cm³/mol. The number of phenolic OH excluding ortho intramolecular Hbond substituents is 1. The van der Waals surface area contributed by atoms with Gasteiger partial charge in [0.2, 0.25) is 0 Å². The van der Waals surface area contributed by atoms with Crippen molar-refractivity contribution < 1.29 is 79.2 Å². The molecule has 424 valence electrons. The fraction of sp³-hybridized carbons (Fsp3) is 0.634. The maximum absolute atomic E-state index is 11.3. The molecule has 32 heteroatoms. The lowest BCUT2D eigenvalue weighted by Gasteiger charge is -2.19. The first-order valence-electron chi connectivity index (χ1n) is 22.4. The Balaban J connectivity index is -0.000000256. The fourth-order valence-corrected chi connectivity index (χ4v) is 4.39. The summed E-state index contributed by atoms with van der Waals surface area (Å²) in [4.78, 5) is 80.1. The van der Waals surface area contributed by atoms with Crippen LogP contribution in [-0.2, 0) is 44.7 Å². The maximum Gasteiger partial charge on any atom is 0.324 e. The Morgan fingerprint density at radius 2 is 0.904 bits per heavy atom. The summed E-state index contributed by atoms with van der Waals surface area (Å²) in [6, 6.07) is 0.0232. The second-order valence-corrected chi connectivity index (χ2v) is 15.5. The number of unbranched alkanes of at least 4 members (excludes halogenated alkanes) is 1. The molecule has 0 fully saturated rings. The number of guanidine groups is 2. The number of carboxylic acids is 6. The van der Waals surface area contributed by atoms with Crippen LogP contribution < -0.4 is 80.3 Å². The molecule has 0 aromatic heterocycles. The molecule has 0 saturated heterocycles. The van der Waals surface area contributed by atoms with E-state index >= 15 is 0 Å². The van der Waals surface area contributed by atoms with Crippen LogP contribution in [0.2, 0.25) is 0 Å². The zero-order chi connectivity index (χ0) is 57.8. The van der Waals surface area contributed by atoms with E-state index in [0.29, 0.717) is 71.1 Å². The van der Waals surface area contributed by atoms with Gasteiger partial charge in [0.1, 0.15) is 54.1 Å². The summed E-state index contributed by atoms with van der Waals surface area (Å²) in [5.74, 6) is -6.93. The highest BCUT2D eigenvalue weighted by Crippen LogP contribution is 2.11. The average molecular weight is 1060 g/mol. The lowest BCUT2D eigenvalue weighted by Crippen LogP contribution is -2.45. The van der Waals surface area contributed by atoms with Gasteiger partial charge in [-0.2, -0.15) is 0 Å². The molecule has 0 amide bonds. The average Bonchev–Trinajstić information content (AvgIpc) is 3.31. The van der Waals surface area contributed by atoms with E-state index in [1.807, 2.05) is 0 Å². The van der Waals surface area contributed by atoms with Gasteiger partial charge < -0.3 is 126 Å². The van der Waals surface area contributed by atoms with Crippen molar-refractivity contribution in [2.45, 2.75) is 132 Å². The normalized spacial score (nSPS) is 13.8. The van der Waals surface area contributed by atoms with Crippen LogP contribution >= 0.6 is 0 Å². The van der Waals surface area contributed by atoms with Crippen molar-refractivity contribution >= 4 is 53.7 Å². The number of hydrogen-bond donors (Lipinski definition) is 22. The van der Waals surface area contributed by atoms with Crippen molar-refractivity contribution in [1.29, 1.82) is 0 Å². The van der Waals surface area contributed by atoms with E-state index in [1.165, 1.54) is 19.1 Å². The molecule has 36 N–H and O–H groups in total. The SMILES string of the molecule is C[C@@H](OC(=O)[C@@H](N)CCCN)[C@H](N)C(=O)O.NC(N)=NCC(O)C[C@H](N)C(=O)O.NC(N)=NCCC[C@H](N)C(=O)O.NCCCC[C@H](N)C(=O)O.NCCC[C@H](N)C(=O)O.N[C@@H](Cc1ccc(O)cc1)C(=O)O. The van der Waals surface area contributed by atoms with Crippen LogP contribution in [0, 0.1) is 0 Å². The molecule has 1 aromatic rings. The number of ether oxygens (including phenoxy) is 1. The summed E-state index contributed by atoms with van der Waals surface area (Å²) < 4.78 is 4.82. The van der Waals surface area contributed by atoms with Crippen molar-refractivity contribution in [2.24, 2.45) is 90.3 Å². The molecular formula is C41H84N16O16. The fourth-order valence-electron chi connectivity index (χ4n) is 4.39. The highest BCUT2D eigenvalue weighted by molar-refractivity contribution is 5.78. The van der Waals surface area contributed by atoms with E-state index < -0.39 is 96.3 Å². The van der Waals surface area contributed by atoms with Gasteiger partial charge in [-0.15, -0.1) is 0 Å². The molecule has 0 aliphatic rings. The second kappa shape index (κ2) is 46.5. The van der Waals surface area contributed by atoms with Gasteiger partial charge in [-0.1, -0.05) is 18.6 Å². The molecule has 73 heavy (non-hydrogen) atoms. The largest absolute Gasteiger partial charge is 0.508 e. The van der Waals surface area contributed by atoms with Gasteiger partial charge in [-0.05, 0) is 102 Å². The van der Waals surface area contributed by atoms with Crippen LogP contribution in [0.3, 0.4) is 0 Å². The highest BCUT2D eigenvalue weighted by atomic mass is 16.5. The Kier molecular flexibility index (Phi) is 48.0. The second-order valence-electron chi connectivity index (χ2n) is 15.5. The van der Waals surface area contributed by atoms with E-state index in [2.05, 4.69) is 9.98 Å². The number of esters is 1. The first-order chi connectivity index (χ1) is 33.8. The molecule has 0 heterocycles. The number of carbonyl (C=O) groups excluding carboxylic acids is 1. The summed E-state index contributed by atoms with van der Waals surface area (Å²) in [6.07, 6.45) is 3.62. The van der Waals surface area contributed by atoms with Crippen LogP contribution in [0.5, 0.6) is 5.75 Å². The standard InChI is InChI=1S/C9H19N3O4.C9H11NO3.C6H14N4O3.C6H14N4O2.C6H14N2O2.C5H12N2O2/c1-5(7(12)8(13)14)16-9(15)6(11)3-2-4-10;10-8(9(12)13)5-6-1-3-7(11)4-2-6;7-4(5(12)13)1-3(11)2-10-6(8)9;7-4(5(11)12)2-1-3-10-6(8)9;7-4-2-1-3-5(8)6(9)10;6-3-1-2-4(7)5(8)9/h5-7H,2-4,10-12H2,1H3,(H,13,14);1-4,8,11H,5,10H2,(H,12,13);3-4,11H,1-2,7H2,(H,12,13)(H4,8,9,10);4H,1-3,7H2,(H,11,12)(H4,8,9,10);5H,1-4,7-8H2,(H,9,10);4H,1-3,6-7H2,(H,8,9)/t5-,6+,7+;8-;3?,4-;4-;5-;4-/m100000/s1. The molecule has 1 unspecified atom stereocenters. The molecule has 0 spiro atoms. The Morgan fingerprint density at radius 3 is 1.27 bits per heavy atom. The summed E-state index contributed by atoms with van der Waals surface area (Å²) in [6.45, 7) is 3.33. The maximum atomic E-state index is 11.3. The number of aliphatic imine (C=N–C) groups is 2. The third kappa shape index (κ3) is 50.2. The van der Waals surface area contributed by atoms with Gasteiger partial charge in [0.15, 0.2) is 11.9 Å². The number of carbonyl (C=O) groups is 7. The number of aliphatic hydroxyl groups is 1.